The molecule has 54 valence electrons. The molecule has 1 N–H and O–H groups in total. The number of carboxylic acid groups (broad SMARTS) is 1. The quantitative estimate of drug-likeness (QED) is 0.384. The number of carbonyl (C=O) groups excluding carboxylic acids is 2. The van der Waals surface area contributed by atoms with E-state index in [2.05, 4.69) is 4.99 Å². The number of aliphatic imine (C=N–C) groups is 1. The van der Waals surface area contributed by atoms with Crippen LogP contribution in [0.1, 0.15) is 0 Å². The van der Waals surface area contributed by atoms with Gasteiger partial charge in [-0.1, -0.05) is 0 Å². The zero-order valence-electron chi connectivity index (χ0n) is 5.07. The molecule has 0 aromatic rings. The molecule has 0 aliphatic carbocycles. The fourth-order valence-corrected chi connectivity index (χ4v) is 0.196. The van der Waals surface area contributed by atoms with E-state index < -0.39 is 12.1 Å². The standard InChI is InChI=1S/C4H4N2O4/c1-6(4(9)10)3(8)5-2-7/h1H3,(H,9,10). The first kappa shape index (κ1) is 8.32. The van der Waals surface area contributed by atoms with Crippen LogP contribution < -0.4 is 0 Å². The summed E-state index contributed by atoms with van der Waals surface area (Å²) in [5.74, 6) is 0. The molecule has 0 radical (unpaired) electrons. The normalized spacial score (nSPS) is 7.70. The average Bonchev–Trinajstić information content (AvgIpc) is 1.87. The van der Waals surface area contributed by atoms with E-state index in [1.165, 1.54) is 0 Å². The van der Waals surface area contributed by atoms with Crippen molar-refractivity contribution in [2.75, 3.05) is 7.05 Å². The minimum atomic E-state index is -1.47. The molecule has 10 heavy (non-hydrogen) atoms. The summed E-state index contributed by atoms with van der Waals surface area (Å²) in [6.45, 7) is 0. The summed E-state index contributed by atoms with van der Waals surface area (Å²) in [6.07, 6.45) is -0.545. The molecule has 6 heteroatoms. The van der Waals surface area contributed by atoms with Crippen molar-refractivity contribution >= 4 is 18.2 Å². The Bertz CT molecular complexity index is 205. The van der Waals surface area contributed by atoms with Crippen molar-refractivity contribution in [1.29, 1.82) is 0 Å². The van der Waals surface area contributed by atoms with Gasteiger partial charge in [0.1, 0.15) is 0 Å². The highest BCUT2D eigenvalue weighted by molar-refractivity contribution is 5.92. The number of nitrogens with zero attached hydrogens (tertiary/aromatic N) is 2. The van der Waals surface area contributed by atoms with Crippen molar-refractivity contribution in [3.05, 3.63) is 0 Å². The van der Waals surface area contributed by atoms with Gasteiger partial charge in [-0.2, -0.15) is 0 Å². The first-order valence-corrected chi connectivity index (χ1v) is 2.18. The van der Waals surface area contributed by atoms with E-state index in [1.54, 1.807) is 0 Å². The molecule has 0 aromatic carbocycles. The van der Waals surface area contributed by atoms with Gasteiger partial charge < -0.3 is 5.11 Å². The third-order valence-corrected chi connectivity index (χ3v) is 0.715. The van der Waals surface area contributed by atoms with E-state index in [9.17, 15) is 14.4 Å². The third-order valence-electron chi connectivity index (χ3n) is 0.715. The largest absolute Gasteiger partial charge is 0.465 e. The lowest BCUT2D eigenvalue weighted by Gasteiger charge is -2.03. The van der Waals surface area contributed by atoms with Crippen LogP contribution >= 0.6 is 0 Å². The topological polar surface area (TPSA) is 87.0 Å². The number of hydrogen-bond acceptors (Lipinski definition) is 3. The van der Waals surface area contributed by atoms with Crippen LogP contribution in [0.15, 0.2) is 4.99 Å². The van der Waals surface area contributed by atoms with Gasteiger partial charge in [-0.05, 0) is 0 Å². The molecule has 0 spiro atoms. The van der Waals surface area contributed by atoms with Crippen molar-refractivity contribution in [1.82, 2.24) is 4.90 Å². The predicted molar refractivity (Wildman–Crippen MR) is 29.3 cm³/mol. The maximum Gasteiger partial charge on any atom is 0.415 e. The third kappa shape index (κ3) is 2.06. The van der Waals surface area contributed by atoms with Crippen molar-refractivity contribution in [2.45, 2.75) is 0 Å². The number of hydrogen-bond donors (Lipinski definition) is 1. The molecule has 0 fully saturated rings. The molecule has 0 rings (SSSR count). The highest BCUT2D eigenvalue weighted by Gasteiger charge is 2.13. The second kappa shape index (κ2) is 3.37. The first-order chi connectivity index (χ1) is 4.59. The summed E-state index contributed by atoms with van der Waals surface area (Å²) in [5.41, 5.74) is 0. The minimum Gasteiger partial charge on any atom is -0.465 e. The van der Waals surface area contributed by atoms with Gasteiger partial charge in [-0.3, -0.25) is 0 Å². The number of isocyanates is 1. The van der Waals surface area contributed by atoms with Gasteiger partial charge in [0.05, 0.1) is 0 Å². The van der Waals surface area contributed by atoms with E-state index in [0.717, 1.165) is 13.1 Å². The molecule has 0 aromatic heterocycles. The molecule has 3 amide bonds. The molecule has 0 aliphatic heterocycles. The monoisotopic (exact) mass is 144 g/mol. The number of amides is 3. The Hall–Kier alpha value is -1.68. The van der Waals surface area contributed by atoms with E-state index >= 15 is 0 Å². The zero-order chi connectivity index (χ0) is 8.15. The maximum atomic E-state index is 10.3. The maximum absolute atomic E-state index is 10.3. The van der Waals surface area contributed by atoms with Crippen molar-refractivity contribution in [3.63, 3.8) is 0 Å². The second-order valence-electron chi connectivity index (χ2n) is 1.33. The van der Waals surface area contributed by atoms with Gasteiger partial charge in [0, 0.05) is 7.05 Å². The molecular weight excluding hydrogens is 140 g/mol. The SMILES string of the molecule is CN(C(=O)O)C(=O)N=C=O. The molecule has 0 bridgehead atoms. The second-order valence-corrected chi connectivity index (χ2v) is 1.33. The zero-order valence-corrected chi connectivity index (χ0v) is 5.07. The molecule has 0 saturated heterocycles. The summed E-state index contributed by atoms with van der Waals surface area (Å²) in [5, 5.41) is 8.09. The molecule has 6 nitrogen and oxygen atoms in total. The van der Waals surface area contributed by atoms with Crippen LogP contribution in [0.4, 0.5) is 9.59 Å². The summed E-state index contributed by atoms with van der Waals surface area (Å²) in [6, 6.07) is -1.15. The van der Waals surface area contributed by atoms with Crippen LogP contribution in [-0.4, -0.2) is 35.3 Å². The fraction of sp³-hybridized carbons (Fsp3) is 0.250. The van der Waals surface area contributed by atoms with E-state index in [-0.39, 0.29) is 4.90 Å². The Morgan fingerprint density at radius 2 is 2.10 bits per heavy atom. The fourth-order valence-electron chi connectivity index (χ4n) is 0.196. The smallest absolute Gasteiger partial charge is 0.415 e. The Morgan fingerprint density at radius 3 is 2.40 bits per heavy atom. The summed E-state index contributed by atoms with van der Waals surface area (Å²) < 4.78 is 0. The summed E-state index contributed by atoms with van der Waals surface area (Å²) in [4.78, 5) is 32.5. The highest BCUT2D eigenvalue weighted by Crippen LogP contribution is 1.87. The summed E-state index contributed by atoms with van der Waals surface area (Å²) in [7, 11) is 0.978. The first-order valence-electron chi connectivity index (χ1n) is 2.18. The lowest BCUT2D eigenvalue weighted by atomic mass is 10.8. The van der Waals surface area contributed by atoms with Gasteiger partial charge in [0.2, 0.25) is 6.08 Å². The number of carbonyl (C=O) groups is 2. The Morgan fingerprint density at radius 1 is 1.60 bits per heavy atom. The molecule has 0 aliphatic rings. The predicted octanol–water partition coefficient (Wildman–Crippen LogP) is 0.0520. The average molecular weight is 144 g/mol. The lowest BCUT2D eigenvalue weighted by Crippen LogP contribution is -2.28. The van der Waals surface area contributed by atoms with E-state index in [4.69, 9.17) is 5.11 Å². The number of urea groups is 1. The number of imide groups is 1. The van der Waals surface area contributed by atoms with Gasteiger partial charge in [-0.25, -0.2) is 19.3 Å². The van der Waals surface area contributed by atoms with Crippen molar-refractivity contribution < 1.29 is 19.5 Å². The van der Waals surface area contributed by atoms with Crippen LogP contribution in [0.5, 0.6) is 0 Å². The van der Waals surface area contributed by atoms with Gasteiger partial charge in [-0.15, -0.1) is 4.99 Å². The van der Waals surface area contributed by atoms with Crippen LogP contribution in [0, 0.1) is 0 Å². The van der Waals surface area contributed by atoms with Crippen LogP contribution in [0.25, 0.3) is 0 Å². The van der Waals surface area contributed by atoms with Gasteiger partial charge >= 0.3 is 12.1 Å². The minimum absolute atomic E-state index is 0.269. The molecule has 0 atom stereocenters. The Labute approximate surface area is 55.8 Å². The number of rotatable bonds is 0. The van der Waals surface area contributed by atoms with Crippen LogP contribution in [0.2, 0.25) is 0 Å². The van der Waals surface area contributed by atoms with E-state index in [1.807, 2.05) is 0 Å². The molecular formula is C4H4N2O4. The van der Waals surface area contributed by atoms with Crippen LogP contribution in [-0.2, 0) is 4.79 Å². The van der Waals surface area contributed by atoms with Gasteiger partial charge in [0.25, 0.3) is 0 Å². The molecule has 0 heterocycles. The van der Waals surface area contributed by atoms with Crippen LogP contribution in [0.3, 0.4) is 0 Å². The van der Waals surface area contributed by atoms with Gasteiger partial charge in [0.15, 0.2) is 0 Å². The van der Waals surface area contributed by atoms with Crippen molar-refractivity contribution in [2.24, 2.45) is 4.99 Å². The van der Waals surface area contributed by atoms with E-state index in [0.29, 0.717) is 0 Å². The Kier molecular flexibility index (Phi) is 2.80. The Balaban J connectivity index is 4.21. The summed E-state index contributed by atoms with van der Waals surface area (Å²) >= 11 is 0. The molecule has 0 unspecified atom stereocenters. The lowest BCUT2D eigenvalue weighted by molar-refractivity contribution is 0.160. The molecule has 0 saturated carbocycles. The van der Waals surface area contributed by atoms with Crippen molar-refractivity contribution in [3.8, 4) is 0 Å². The highest BCUT2D eigenvalue weighted by atomic mass is 16.4.